The van der Waals surface area contributed by atoms with Crippen LogP contribution < -0.4 is 5.32 Å². The van der Waals surface area contributed by atoms with Crippen molar-refractivity contribution in [2.24, 2.45) is 7.05 Å². The molecular formula is C11H17N5S. The second-order valence-electron chi connectivity index (χ2n) is 4.13. The van der Waals surface area contributed by atoms with Gasteiger partial charge in [-0.1, -0.05) is 0 Å². The van der Waals surface area contributed by atoms with Gasteiger partial charge in [-0.25, -0.2) is 4.98 Å². The van der Waals surface area contributed by atoms with E-state index in [2.05, 4.69) is 34.3 Å². The summed E-state index contributed by atoms with van der Waals surface area (Å²) in [6.07, 6.45) is 1.71. The second-order valence-corrected chi connectivity index (χ2v) is 5.54. The highest BCUT2D eigenvalue weighted by Gasteiger charge is 2.13. The zero-order valence-corrected chi connectivity index (χ0v) is 11.4. The van der Waals surface area contributed by atoms with Crippen LogP contribution in [0.25, 0.3) is 0 Å². The summed E-state index contributed by atoms with van der Waals surface area (Å²) in [5, 5.41) is 12.4. The number of hydrogen-bond donors (Lipinski definition) is 1. The minimum atomic E-state index is 0.233. The molecule has 2 aromatic heterocycles. The van der Waals surface area contributed by atoms with Crippen molar-refractivity contribution in [1.29, 1.82) is 0 Å². The molecule has 92 valence electrons. The number of nitrogens with one attached hydrogen (secondary N) is 1. The van der Waals surface area contributed by atoms with Crippen LogP contribution in [0.2, 0.25) is 0 Å². The van der Waals surface area contributed by atoms with Gasteiger partial charge in [0.1, 0.15) is 12.2 Å². The molecule has 0 aliphatic carbocycles. The number of rotatable bonds is 4. The molecule has 6 heteroatoms. The number of aryl methyl sites for hydroxylation is 3. The van der Waals surface area contributed by atoms with Crippen molar-refractivity contribution in [3.8, 4) is 0 Å². The lowest BCUT2D eigenvalue weighted by Gasteiger charge is -2.11. The molecule has 2 heterocycles. The van der Waals surface area contributed by atoms with Crippen molar-refractivity contribution in [2.45, 2.75) is 33.4 Å². The van der Waals surface area contributed by atoms with Crippen molar-refractivity contribution in [1.82, 2.24) is 25.1 Å². The van der Waals surface area contributed by atoms with E-state index >= 15 is 0 Å². The van der Waals surface area contributed by atoms with Gasteiger partial charge < -0.3 is 9.88 Å². The van der Waals surface area contributed by atoms with Crippen molar-refractivity contribution in [3.63, 3.8) is 0 Å². The molecule has 2 aromatic rings. The van der Waals surface area contributed by atoms with E-state index < -0.39 is 0 Å². The van der Waals surface area contributed by atoms with Gasteiger partial charge in [-0.3, -0.25) is 0 Å². The Kier molecular flexibility index (Phi) is 3.54. The van der Waals surface area contributed by atoms with E-state index in [9.17, 15) is 0 Å². The fourth-order valence-corrected chi connectivity index (χ4v) is 2.67. The SMILES string of the molecule is Cc1nc(C(C)NCc2nncn2C)c(C)s1. The van der Waals surface area contributed by atoms with E-state index in [0.29, 0.717) is 6.54 Å². The highest BCUT2D eigenvalue weighted by molar-refractivity contribution is 7.11. The molecule has 1 atom stereocenters. The van der Waals surface area contributed by atoms with E-state index in [1.54, 1.807) is 17.7 Å². The summed E-state index contributed by atoms with van der Waals surface area (Å²) >= 11 is 1.74. The molecule has 0 aliphatic rings. The van der Waals surface area contributed by atoms with Gasteiger partial charge in [0.05, 0.1) is 17.2 Å². The molecular weight excluding hydrogens is 234 g/mol. The first-order chi connectivity index (χ1) is 8.08. The van der Waals surface area contributed by atoms with Gasteiger partial charge in [0.2, 0.25) is 0 Å². The van der Waals surface area contributed by atoms with E-state index in [0.717, 1.165) is 16.5 Å². The van der Waals surface area contributed by atoms with Crippen LogP contribution in [0.1, 0.15) is 34.4 Å². The van der Waals surface area contributed by atoms with E-state index in [-0.39, 0.29) is 6.04 Å². The monoisotopic (exact) mass is 251 g/mol. The van der Waals surface area contributed by atoms with Gasteiger partial charge in [0, 0.05) is 18.0 Å². The molecule has 17 heavy (non-hydrogen) atoms. The number of aromatic nitrogens is 4. The quantitative estimate of drug-likeness (QED) is 0.899. The lowest BCUT2D eigenvalue weighted by molar-refractivity contribution is 0.537. The molecule has 0 saturated heterocycles. The maximum atomic E-state index is 4.55. The third-order valence-electron chi connectivity index (χ3n) is 2.72. The molecule has 0 bridgehead atoms. The molecule has 0 aromatic carbocycles. The highest BCUT2D eigenvalue weighted by Crippen LogP contribution is 2.22. The topological polar surface area (TPSA) is 55.6 Å². The number of hydrogen-bond acceptors (Lipinski definition) is 5. The lowest BCUT2D eigenvalue weighted by Crippen LogP contribution is -2.21. The standard InChI is InChI=1S/C11H17N5S/c1-7(11-8(2)17-9(3)14-11)12-5-10-15-13-6-16(10)4/h6-7,12H,5H2,1-4H3. The van der Waals surface area contributed by atoms with Gasteiger partial charge in [-0.2, -0.15) is 0 Å². The summed E-state index contributed by atoms with van der Waals surface area (Å²) in [6, 6.07) is 0.233. The molecule has 0 radical (unpaired) electrons. The molecule has 0 fully saturated rings. The summed E-state index contributed by atoms with van der Waals surface area (Å²) in [5.41, 5.74) is 1.13. The van der Waals surface area contributed by atoms with Crippen LogP contribution in [0, 0.1) is 13.8 Å². The van der Waals surface area contributed by atoms with E-state index in [4.69, 9.17) is 0 Å². The largest absolute Gasteiger partial charge is 0.320 e. The summed E-state index contributed by atoms with van der Waals surface area (Å²) in [5.74, 6) is 0.932. The summed E-state index contributed by atoms with van der Waals surface area (Å²) < 4.78 is 1.92. The molecule has 1 N–H and O–H groups in total. The third kappa shape index (κ3) is 2.70. The predicted octanol–water partition coefficient (Wildman–Crippen LogP) is 1.74. The normalized spacial score (nSPS) is 12.9. The zero-order chi connectivity index (χ0) is 12.4. The van der Waals surface area contributed by atoms with Crippen LogP contribution in [0.15, 0.2) is 6.33 Å². The van der Waals surface area contributed by atoms with Crippen molar-refractivity contribution >= 4 is 11.3 Å². The summed E-state index contributed by atoms with van der Waals surface area (Å²) in [4.78, 5) is 5.82. The van der Waals surface area contributed by atoms with Crippen LogP contribution in [0.4, 0.5) is 0 Å². The van der Waals surface area contributed by atoms with Crippen molar-refractivity contribution in [3.05, 3.63) is 27.7 Å². The first kappa shape index (κ1) is 12.2. The summed E-state index contributed by atoms with van der Waals surface area (Å²) in [6.45, 7) is 6.97. The minimum absolute atomic E-state index is 0.233. The van der Waals surface area contributed by atoms with Gasteiger partial charge in [0.25, 0.3) is 0 Å². The Morgan fingerprint density at radius 2 is 2.24 bits per heavy atom. The maximum Gasteiger partial charge on any atom is 0.146 e. The fourth-order valence-electron chi connectivity index (χ4n) is 1.75. The van der Waals surface area contributed by atoms with Gasteiger partial charge in [-0.15, -0.1) is 21.5 Å². The van der Waals surface area contributed by atoms with E-state index in [1.165, 1.54) is 4.88 Å². The Morgan fingerprint density at radius 3 is 2.76 bits per heavy atom. The van der Waals surface area contributed by atoms with Gasteiger partial charge >= 0.3 is 0 Å². The average molecular weight is 251 g/mol. The maximum absolute atomic E-state index is 4.55. The number of thiazole rings is 1. The van der Waals surface area contributed by atoms with Crippen LogP contribution in [-0.2, 0) is 13.6 Å². The minimum Gasteiger partial charge on any atom is -0.320 e. The molecule has 0 spiro atoms. The summed E-state index contributed by atoms with van der Waals surface area (Å²) in [7, 11) is 1.94. The first-order valence-corrected chi connectivity index (χ1v) is 6.39. The highest BCUT2D eigenvalue weighted by atomic mass is 32.1. The zero-order valence-electron chi connectivity index (χ0n) is 10.6. The number of nitrogens with zero attached hydrogens (tertiary/aromatic N) is 4. The molecule has 1 unspecified atom stereocenters. The lowest BCUT2D eigenvalue weighted by atomic mass is 10.2. The Bertz CT molecular complexity index is 502. The van der Waals surface area contributed by atoms with Crippen LogP contribution in [0.3, 0.4) is 0 Å². The smallest absolute Gasteiger partial charge is 0.146 e. The molecule has 0 saturated carbocycles. The van der Waals surface area contributed by atoms with E-state index in [1.807, 2.05) is 18.5 Å². The van der Waals surface area contributed by atoms with Crippen molar-refractivity contribution < 1.29 is 0 Å². The first-order valence-electron chi connectivity index (χ1n) is 5.58. The Hall–Kier alpha value is -1.27. The van der Waals surface area contributed by atoms with Crippen molar-refractivity contribution in [2.75, 3.05) is 0 Å². The Morgan fingerprint density at radius 1 is 1.47 bits per heavy atom. The van der Waals surface area contributed by atoms with Crippen LogP contribution in [-0.4, -0.2) is 19.7 Å². The average Bonchev–Trinajstić information content (AvgIpc) is 2.81. The third-order valence-corrected chi connectivity index (χ3v) is 3.62. The van der Waals surface area contributed by atoms with Gasteiger partial charge in [-0.05, 0) is 20.8 Å². The molecule has 0 amide bonds. The molecule has 0 aliphatic heterocycles. The Labute approximate surface area is 105 Å². The molecule has 2 rings (SSSR count). The van der Waals surface area contributed by atoms with Gasteiger partial charge in [0.15, 0.2) is 0 Å². The fraction of sp³-hybridized carbons (Fsp3) is 0.545. The van der Waals surface area contributed by atoms with Crippen LogP contribution >= 0.6 is 11.3 Å². The second kappa shape index (κ2) is 4.93. The Balaban J connectivity index is 2.00. The van der Waals surface area contributed by atoms with Crippen LogP contribution in [0.5, 0.6) is 0 Å². The predicted molar refractivity (Wildman–Crippen MR) is 67.8 cm³/mol. The molecule has 5 nitrogen and oxygen atoms in total.